The van der Waals surface area contributed by atoms with E-state index in [1.165, 1.54) is 0 Å². The minimum Gasteiger partial charge on any atom is -0.338 e. The van der Waals surface area contributed by atoms with Crippen molar-refractivity contribution in [2.45, 2.75) is 6.54 Å². The van der Waals surface area contributed by atoms with Crippen LogP contribution in [0.4, 0.5) is 5.69 Å². The van der Waals surface area contributed by atoms with E-state index in [-0.39, 0.29) is 17.6 Å². The molecule has 0 radical (unpaired) electrons. The number of rotatable bonds is 3. The van der Waals surface area contributed by atoms with E-state index in [0.29, 0.717) is 5.69 Å². The van der Waals surface area contributed by atoms with E-state index in [9.17, 15) is 4.79 Å². The average Bonchev–Trinajstić information content (AvgIpc) is 2.83. The summed E-state index contributed by atoms with van der Waals surface area (Å²) in [5.74, 6) is -0.148. The molecule has 0 atom stereocenters. The van der Waals surface area contributed by atoms with Gasteiger partial charge in [-0.1, -0.05) is 27.5 Å². The lowest BCUT2D eigenvalue weighted by Crippen LogP contribution is -2.18. The van der Waals surface area contributed by atoms with Gasteiger partial charge >= 0.3 is 0 Å². The summed E-state index contributed by atoms with van der Waals surface area (Å²) in [6.07, 6.45) is 3.47. The number of fused-ring (bicyclic) bond motifs is 1. The van der Waals surface area contributed by atoms with Crippen LogP contribution in [0.2, 0.25) is 5.15 Å². The number of pyridine rings is 1. The first kappa shape index (κ1) is 14.1. The summed E-state index contributed by atoms with van der Waals surface area (Å²) in [5, 5.41) is 4.13. The number of carbonyl (C=O) groups excluding carboxylic acids is 1. The maximum atomic E-state index is 12.1. The third kappa shape index (κ3) is 3.09. The Bertz CT molecular complexity index is 816. The Kier molecular flexibility index (Phi) is 3.94. The van der Waals surface area contributed by atoms with Gasteiger partial charge in [0.05, 0.1) is 5.69 Å². The topological polar surface area (TPSA) is 46.9 Å². The van der Waals surface area contributed by atoms with E-state index < -0.39 is 0 Å². The largest absolute Gasteiger partial charge is 0.338 e. The van der Waals surface area contributed by atoms with Crippen LogP contribution in [0, 0.1) is 0 Å². The second-order valence-corrected chi connectivity index (χ2v) is 5.81. The number of benzene rings is 1. The lowest BCUT2D eigenvalue weighted by molar-refractivity contribution is -0.116. The summed E-state index contributed by atoms with van der Waals surface area (Å²) in [4.78, 5) is 16.0. The lowest BCUT2D eigenvalue weighted by atomic mass is 10.2. The summed E-state index contributed by atoms with van der Waals surface area (Å²) in [7, 11) is 0. The Labute approximate surface area is 134 Å². The first-order chi connectivity index (χ1) is 10.1. The number of hydrogen-bond donors (Lipinski definition) is 1. The predicted molar refractivity (Wildman–Crippen MR) is 87.5 cm³/mol. The molecule has 3 rings (SSSR count). The monoisotopic (exact) mass is 363 g/mol. The molecule has 0 saturated heterocycles. The van der Waals surface area contributed by atoms with E-state index >= 15 is 0 Å². The SMILES string of the molecule is O=C(Cn1ccc2cc(Br)ccc21)Nc1cccnc1Cl. The number of nitrogens with one attached hydrogen (secondary N) is 1. The minimum atomic E-state index is -0.148. The van der Waals surface area contributed by atoms with Crippen molar-refractivity contribution in [3.8, 4) is 0 Å². The highest BCUT2D eigenvalue weighted by Gasteiger charge is 2.09. The Hall–Kier alpha value is -1.85. The Balaban J connectivity index is 1.79. The molecule has 0 aliphatic heterocycles. The molecule has 1 aromatic carbocycles. The van der Waals surface area contributed by atoms with E-state index in [1.54, 1.807) is 18.3 Å². The van der Waals surface area contributed by atoms with Crippen LogP contribution in [0.1, 0.15) is 0 Å². The van der Waals surface area contributed by atoms with E-state index in [0.717, 1.165) is 15.4 Å². The van der Waals surface area contributed by atoms with Gasteiger partial charge < -0.3 is 9.88 Å². The molecule has 0 fully saturated rings. The molecule has 3 aromatic rings. The normalized spacial score (nSPS) is 10.8. The Morgan fingerprint density at radius 3 is 3.00 bits per heavy atom. The molecule has 6 heteroatoms. The first-order valence-electron chi connectivity index (χ1n) is 6.28. The molecule has 0 unspecified atom stereocenters. The van der Waals surface area contributed by atoms with E-state index in [1.807, 2.05) is 35.0 Å². The van der Waals surface area contributed by atoms with Crippen molar-refractivity contribution in [2.24, 2.45) is 0 Å². The minimum absolute atomic E-state index is 0.148. The van der Waals surface area contributed by atoms with Crippen LogP contribution in [-0.2, 0) is 11.3 Å². The second-order valence-electron chi connectivity index (χ2n) is 4.54. The number of halogens is 2. The molecule has 0 spiro atoms. The molecule has 1 N–H and O–H groups in total. The van der Waals surface area contributed by atoms with Crippen molar-refractivity contribution in [1.82, 2.24) is 9.55 Å². The third-order valence-corrected chi connectivity index (χ3v) is 3.87. The summed E-state index contributed by atoms with van der Waals surface area (Å²) >= 11 is 9.36. The number of anilines is 1. The fraction of sp³-hybridized carbons (Fsp3) is 0.0667. The maximum absolute atomic E-state index is 12.1. The molecule has 2 aromatic heterocycles. The van der Waals surface area contributed by atoms with Gasteiger partial charge in [-0.2, -0.15) is 0 Å². The number of amides is 1. The van der Waals surface area contributed by atoms with Gasteiger partial charge in [-0.25, -0.2) is 4.98 Å². The van der Waals surface area contributed by atoms with Crippen molar-refractivity contribution in [3.05, 3.63) is 58.4 Å². The fourth-order valence-corrected chi connectivity index (χ4v) is 2.68. The Morgan fingerprint density at radius 2 is 2.19 bits per heavy atom. The zero-order valence-electron chi connectivity index (χ0n) is 10.9. The van der Waals surface area contributed by atoms with Crippen molar-refractivity contribution in [3.63, 3.8) is 0 Å². The average molecular weight is 365 g/mol. The van der Waals surface area contributed by atoms with Crippen LogP contribution in [0.5, 0.6) is 0 Å². The molecular formula is C15H11BrClN3O. The maximum Gasteiger partial charge on any atom is 0.244 e. The van der Waals surface area contributed by atoms with Crippen LogP contribution in [0.25, 0.3) is 10.9 Å². The summed E-state index contributed by atoms with van der Waals surface area (Å²) in [6, 6.07) is 11.4. The zero-order valence-corrected chi connectivity index (χ0v) is 13.2. The van der Waals surface area contributed by atoms with Gasteiger partial charge in [-0.15, -0.1) is 0 Å². The molecule has 1 amide bonds. The van der Waals surface area contributed by atoms with Gasteiger partial charge in [0.15, 0.2) is 5.15 Å². The smallest absolute Gasteiger partial charge is 0.244 e. The van der Waals surface area contributed by atoms with Gasteiger partial charge in [0.2, 0.25) is 5.91 Å². The first-order valence-corrected chi connectivity index (χ1v) is 7.45. The van der Waals surface area contributed by atoms with Crippen molar-refractivity contribution in [1.29, 1.82) is 0 Å². The van der Waals surface area contributed by atoms with Crippen LogP contribution < -0.4 is 5.32 Å². The Morgan fingerprint density at radius 1 is 1.33 bits per heavy atom. The van der Waals surface area contributed by atoms with Crippen LogP contribution >= 0.6 is 27.5 Å². The number of hydrogen-bond acceptors (Lipinski definition) is 2. The van der Waals surface area contributed by atoms with Crippen LogP contribution in [0.3, 0.4) is 0 Å². The molecule has 0 bridgehead atoms. The van der Waals surface area contributed by atoms with Gasteiger partial charge in [0.1, 0.15) is 6.54 Å². The lowest BCUT2D eigenvalue weighted by Gasteiger charge is -2.08. The van der Waals surface area contributed by atoms with Gasteiger partial charge in [0.25, 0.3) is 0 Å². The molecule has 2 heterocycles. The number of aromatic nitrogens is 2. The van der Waals surface area contributed by atoms with E-state index in [4.69, 9.17) is 11.6 Å². The van der Waals surface area contributed by atoms with E-state index in [2.05, 4.69) is 26.2 Å². The van der Waals surface area contributed by atoms with Gasteiger partial charge in [-0.05, 0) is 36.4 Å². The standard InChI is InChI=1S/C15H11BrClN3O/c16-11-3-4-13-10(8-11)5-7-20(13)9-14(21)19-12-2-1-6-18-15(12)17/h1-8H,9H2,(H,19,21). The molecule has 21 heavy (non-hydrogen) atoms. The highest BCUT2D eigenvalue weighted by Crippen LogP contribution is 2.21. The zero-order chi connectivity index (χ0) is 14.8. The third-order valence-electron chi connectivity index (χ3n) is 3.08. The summed E-state index contributed by atoms with van der Waals surface area (Å²) in [5.41, 5.74) is 1.52. The highest BCUT2D eigenvalue weighted by atomic mass is 79.9. The van der Waals surface area contributed by atoms with Crippen molar-refractivity contribution < 1.29 is 4.79 Å². The van der Waals surface area contributed by atoms with Crippen molar-refractivity contribution in [2.75, 3.05) is 5.32 Å². The quantitative estimate of drug-likeness (QED) is 0.712. The molecule has 0 aliphatic carbocycles. The van der Waals surface area contributed by atoms with Crippen LogP contribution in [-0.4, -0.2) is 15.5 Å². The molecule has 106 valence electrons. The molecule has 4 nitrogen and oxygen atoms in total. The summed E-state index contributed by atoms with van der Waals surface area (Å²) in [6.45, 7) is 0.219. The van der Waals surface area contributed by atoms with Gasteiger partial charge in [0, 0.05) is 27.8 Å². The van der Waals surface area contributed by atoms with Crippen LogP contribution in [0.15, 0.2) is 53.3 Å². The van der Waals surface area contributed by atoms with Crippen molar-refractivity contribution >= 4 is 50.0 Å². The second kappa shape index (κ2) is 5.87. The molecule has 0 aliphatic rings. The van der Waals surface area contributed by atoms with Gasteiger partial charge in [-0.3, -0.25) is 4.79 Å². The molecular weight excluding hydrogens is 354 g/mol. The number of nitrogens with zero attached hydrogens (tertiary/aromatic N) is 2. The number of carbonyl (C=O) groups is 1. The summed E-state index contributed by atoms with van der Waals surface area (Å²) < 4.78 is 2.90. The fourth-order valence-electron chi connectivity index (χ4n) is 2.13. The highest BCUT2D eigenvalue weighted by molar-refractivity contribution is 9.10. The predicted octanol–water partition coefficient (Wildman–Crippen LogP) is 4.09. The molecule has 0 saturated carbocycles.